The molecule has 0 unspecified atom stereocenters. The van der Waals surface area contributed by atoms with E-state index in [2.05, 4.69) is 0 Å². The quantitative estimate of drug-likeness (QED) is 0.821. The average molecular weight is 382 g/mol. The van der Waals surface area contributed by atoms with E-state index >= 15 is 0 Å². The molecule has 132 valence electrons. The predicted molar refractivity (Wildman–Crippen MR) is 92.7 cm³/mol. The number of methoxy groups -OCH3 is 1. The van der Waals surface area contributed by atoms with Crippen LogP contribution in [-0.2, 0) is 14.6 Å². The van der Waals surface area contributed by atoms with Gasteiger partial charge in [0.15, 0.2) is 9.84 Å². The van der Waals surface area contributed by atoms with Crippen LogP contribution in [0.1, 0.15) is 11.5 Å². The number of carbonyl (C=O) groups is 1. The zero-order chi connectivity index (χ0) is 18.4. The van der Waals surface area contributed by atoms with Gasteiger partial charge in [-0.05, 0) is 42.0 Å². The van der Waals surface area contributed by atoms with Crippen molar-refractivity contribution >= 4 is 27.4 Å². The number of halogens is 1. The molecule has 1 aliphatic rings. The predicted octanol–water partition coefficient (Wildman–Crippen LogP) is 2.07. The second-order valence-electron chi connectivity index (χ2n) is 5.91. The molecule has 3 atom stereocenters. The molecule has 2 aromatic rings. The molecule has 6 nitrogen and oxygen atoms in total. The fourth-order valence-electron chi connectivity index (χ4n) is 3.10. The summed E-state index contributed by atoms with van der Waals surface area (Å²) in [5.41, 5.74) is 4.65. The minimum Gasteiger partial charge on any atom is -0.497 e. The summed E-state index contributed by atoms with van der Waals surface area (Å²) >= 11 is 5.79. The first kappa shape index (κ1) is 17.7. The molecule has 0 radical (unpaired) electrons. The Morgan fingerprint density at radius 2 is 1.72 bits per heavy atom. The van der Waals surface area contributed by atoms with Gasteiger partial charge in [0.05, 0.1) is 12.0 Å². The van der Waals surface area contributed by atoms with E-state index in [-0.39, 0.29) is 4.90 Å². The highest BCUT2D eigenvalue weighted by molar-refractivity contribution is 7.92. The average Bonchev–Trinajstić information content (AvgIpc) is 3.24. The number of carboxylic acids is 1. The molecule has 8 heteroatoms. The van der Waals surface area contributed by atoms with Crippen LogP contribution < -0.4 is 10.5 Å². The van der Waals surface area contributed by atoms with Gasteiger partial charge in [-0.25, -0.2) is 8.42 Å². The van der Waals surface area contributed by atoms with Crippen molar-refractivity contribution in [3.05, 3.63) is 59.1 Å². The van der Waals surface area contributed by atoms with Crippen LogP contribution in [0.3, 0.4) is 0 Å². The molecule has 1 aliphatic carbocycles. The molecule has 0 bridgehead atoms. The summed E-state index contributed by atoms with van der Waals surface area (Å²) in [6, 6.07) is 12.1. The molecule has 0 spiro atoms. The minimum atomic E-state index is -3.94. The number of benzene rings is 2. The Morgan fingerprint density at radius 1 is 1.16 bits per heavy atom. The minimum absolute atomic E-state index is 0.00557. The van der Waals surface area contributed by atoms with Gasteiger partial charge in [0.1, 0.15) is 16.5 Å². The molecule has 25 heavy (non-hydrogen) atoms. The zero-order valence-corrected chi connectivity index (χ0v) is 14.8. The summed E-state index contributed by atoms with van der Waals surface area (Å²) in [4.78, 5) is 11.7. The van der Waals surface area contributed by atoms with Crippen LogP contribution in [0.2, 0.25) is 5.02 Å². The van der Waals surface area contributed by atoms with Crippen LogP contribution in [0.5, 0.6) is 5.75 Å². The first-order chi connectivity index (χ1) is 11.7. The van der Waals surface area contributed by atoms with Gasteiger partial charge >= 0.3 is 5.97 Å². The van der Waals surface area contributed by atoms with Gasteiger partial charge in [-0.15, -0.1) is 0 Å². The number of rotatable bonds is 5. The first-order valence-electron chi connectivity index (χ1n) is 7.38. The summed E-state index contributed by atoms with van der Waals surface area (Å²) in [6.07, 6.45) is 0. The monoisotopic (exact) mass is 381 g/mol. The van der Waals surface area contributed by atoms with Crippen molar-refractivity contribution in [2.24, 2.45) is 5.73 Å². The third-order valence-corrected chi connectivity index (χ3v) is 7.01. The third-order valence-electron chi connectivity index (χ3n) is 4.50. The number of nitrogens with two attached hydrogens (primary N) is 1. The highest BCUT2D eigenvalue weighted by Crippen LogP contribution is 2.56. The van der Waals surface area contributed by atoms with Crippen LogP contribution in [-0.4, -0.2) is 37.4 Å². The van der Waals surface area contributed by atoms with E-state index in [0.717, 1.165) is 0 Å². The van der Waals surface area contributed by atoms with Crippen LogP contribution in [0.15, 0.2) is 53.4 Å². The summed E-state index contributed by atoms with van der Waals surface area (Å²) in [5.74, 6) is -1.62. The summed E-state index contributed by atoms with van der Waals surface area (Å²) in [7, 11) is -2.44. The van der Waals surface area contributed by atoms with E-state index < -0.39 is 32.5 Å². The number of sulfone groups is 1. The lowest BCUT2D eigenvalue weighted by atomic mass is 10.1. The lowest BCUT2D eigenvalue weighted by molar-refractivity contribution is -0.139. The van der Waals surface area contributed by atoms with Crippen LogP contribution in [0.4, 0.5) is 0 Å². The topological polar surface area (TPSA) is 107 Å². The molecule has 1 saturated carbocycles. The van der Waals surface area contributed by atoms with Gasteiger partial charge in [0, 0.05) is 10.9 Å². The van der Waals surface area contributed by atoms with Crippen molar-refractivity contribution in [1.82, 2.24) is 0 Å². The fraction of sp³-hybridized carbons (Fsp3) is 0.235. The fourth-order valence-corrected chi connectivity index (χ4v) is 5.46. The maximum absolute atomic E-state index is 12.9. The Hall–Kier alpha value is -2.09. The maximum Gasteiger partial charge on any atom is 0.325 e. The van der Waals surface area contributed by atoms with E-state index in [4.69, 9.17) is 22.1 Å². The lowest BCUT2D eigenvalue weighted by Crippen LogP contribution is -2.39. The van der Waals surface area contributed by atoms with Crippen molar-refractivity contribution in [2.75, 3.05) is 7.11 Å². The molecular formula is C17H16ClNO5S. The van der Waals surface area contributed by atoms with E-state index in [1.807, 2.05) is 0 Å². The molecule has 0 heterocycles. The van der Waals surface area contributed by atoms with E-state index in [0.29, 0.717) is 16.3 Å². The van der Waals surface area contributed by atoms with Crippen molar-refractivity contribution in [2.45, 2.75) is 21.6 Å². The Kier molecular flexibility index (Phi) is 4.26. The zero-order valence-electron chi connectivity index (χ0n) is 13.2. The van der Waals surface area contributed by atoms with Gasteiger partial charge < -0.3 is 15.6 Å². The normalized spacial score (nSPS) is 25.4. The highest BCUT2D eigenvalue weighted by Gasteiger charge is 2.74. The Morgan fingerprint density at radius 3 is 2.20 bits per heavy atom. The van der Waals surface area contributed by atoms with Crippen molar-refractivity contribution in [3.63, 3.8) is 0 Å². The van der Waals surface area contributed by atoms with Gasteiger partial charge in [-0.3, -0.25) is 4.79 Å². The third kappa shape index (κ3) is 2.78. The molecule has 0 aliphatic heterocycles. The van der Waals surface area contributed by atoms with Gasteiger partial charge in [-0.1, -0.05) is 23.7 Å². The number of ether oxygens (including phenoxy) is 1. The molecule has 3 N–H and O–H groups in total. The molecule has 0 aromatic heterocycles. The molecule has 0 saturated heterocycles. The molecule has 2 aromatic carbocycles. The van der Waals surface area contributed by atoms with Crippen LogP contribution in [0, 0.1) is 0 Å². The van der Waals surface area contributed by atoms with Gasteiger partial charge in [0.25, 0.3) is 0 Å². The Balaban J connectivity index is 2.03. The van der Waals surface area contributed by atoms with Crippen molar-refractivity contribution in [1.29, 1.82) is 0 Å². The van der Waals surface area contributed by atoms with Crippen molar-refractivity contribution < 1.29 is 23.1 Å². The highest BCUT2D eigenvalue weighted by atomic mass is 35.5. The number of hydrogen-bond donors (Lipinski definition) is 2. The van der Waals surface area contributed by atoms with Gasteiger partial charge in [-0.2, -0.15) is 0 Å². The molecule has 0 amide bonds. The largest absolute Gasteiger partial charge is 0.497 e. The van der Waals surface area contributed by atoms with Gasteiger partial charge in [0.2, 0.25) is 0 Å². The summed E-state index contributed by atoms with van der Waals surface area (Å²) < 4.78 is 30.9. The molecular weight excluding hydrogens is 366 g/mol. The summed E-state index contributed by atoms with van der Waals surface area (Å²) in [5, 5.41) is 8.66. The first-order valence-corrected chi connectivity index (χ1v) is 9.31. The second kappa shape index (κ2) is 6.01. The van der Waals surface area contributed by atoms with E-state index in [1.54, 1.807) is 24.3 Å². The SMILES string of the molecule is COc1ccc([C@@H]2[C@@H](S(=O)(=O)c3ccc(Cl)cc3)[C@@]2(N)C(=O)O)cc1. The van der Waals surface area contributed by atoms with E-state index in [9.17, 15) is 18.3 Å². The number of aliphatic carboxylic acids is 1. The van der Waals surface area contributed by atoms with Crippen molar-refractivity contribution in [3.8, 4) is 5.75 Å². The second-order valence-corrected chi connectivity index (χ2v) is 8.41. The Bertz CT molecular complexity index is 911. The lowest BCUT2D eigenvalue weighted by Gasteiger charge is -2.07. The molecule has 3 rings (SSSR count). The maximum atomic E-state index is 12.9. The Labute approximate surface area is 150 Å². The number of hydrogen-bond acceptors (Lipinski definition) is 5. The number of carboxylic acid groups (broad SMARTS) is 1. The standard InChI is InChI=1S/C17H16ClNO5S/c1-24-12-6-2-10(3-7-12)14-15(17(14,19)16(20)21)25(22,23)13-8-4-11(18)5-9-13/h2-9,14-15H,19H2,1H3,(H,20,21)/t14-,15-,17-/m1/s1. The smallest absolute Gasteiger partial charge is 0.325 e. The van der Waals surface area contributed by atoms with Crippen LogP contribution in [0.25, 0.3) is 0 Å². The summed E-state index contributed by atoms with van der Waals surface area (Å²) in [6.45, 7) is 0. The van der Waals surface area contributed by atoms with Crippen LogP contribution >= 0.6 is 11.6 Å². The molecule has 1 fully saturated rings. The van der Waals surface area contributed by atoms with E-state index in [1.165, 1.54) is 31.4 Å².